The van der Waals surface area contributed by atoms with E-state index in [-0.39, 0.29) is 34.7 Å². The van der Waals surface area contributed by atoms with E-state index in [2.05, 4.69) is 15.4 Å². The van der Waals surface area contributed by atoms with E-state index in [9.17, 15) is 54.6 Å². The quantitative estimate of drug-likeness (QED) is 0.266. The van der Waals surface area contributed by atoms with Gasteiger partial charge in [-0.05, 0) is 55.8 Å². The Morgan fingerprint density at radius 1 is 0.950 bits per heavy atom. The number of hydrogen-bond acceptors (Lipinski definition) is 6. The molecule has 2 amide bonds. The third-order valence-corrected chi connectivity index (χ3v) is 7.50. The number of hydrogen-bond donors (Lipinski definition) is 5. The number of sulfonamides is 1. The number of carbonyl (C=O) groups excluding carboxylic acids is 2. The molecular weight excluding hydrogens is 572 g/mol. The Morgan fingerprint density at radius 3 is 1.98 bits per heavy atom. The van der Waals surface area contributed by atoms with E-state index < -0.39 is 57.4 Å². The van der Waals surface area contributed by atoms with Crippen molar-refractivity contribution in [3.05, 3.63) is 59.2 Å². The third-order valence-electron chi connectivity index (χ3n) is 6.09. The van der Waals surface area contributed by atoms with E-state index in [0.29, 0.717) is 12.1 Å². The number of rotatable bonds is 10. The molecule has 0 saturated carbocycles. The van der Waals surface area contributed by atoms with Crippen LogP contribution in [-0.4, -0.2) is 55.9 Å². The molecule has 0 heterocycles. The first-order valence-corrected chi connectivity index (χ1v) is 13.1. The zero-order chi connectivity index (χ0) is 30.7. The lowest BCUT2D eigenvalue weighted by atomic mass is 9.92. The van der Waals surface area contributed by atoms with Crippen molar-refractivity contribution >= 4 is 27.5 Å². The Morgan fingerprint density at radius 2 is 1.50 bits per heavy atom. The van der Waals surface area contributed by atoms with Crippen molar-refractivity contribution in [3.8, 4) is 0 Å². The summed E-state index contributed by atoms with van der Waals surface area (Å²) in [4.78, 5) is 24.8. The second-order valence-corrected chi connectivity index (χ2v) is 10.6. The maximum atomic E-state index is 13.1. The molecule has 9 nitrogen and oxygen atoms in total. The first-order valence-electron chi connectivity index (χ1n) is 11.6. The van der Waals surface area contributed by atoms with Gasteiger partial charge in [0, 0.05) is 17.8 Å². The van der Waals surface area contributed by atoms with E-state index in [0.717, 1.165) is 12.1 Å². The smallest absolute Gasteiger partial charge is 0.383 e. The standard InChI is InChI=1S/C24H27F6N3O6S/c1-4-19(34)21(36)32-12-14-11-17(40(38,39)31-3)9-10-18(14)13(2)20(35)33-16-7-5-15(6-8-16)22(37,23(25,26)27)24(28,29)30/h5-11,13,19,31,34,37H,4,12H2,1-3H3,(H,32,36)(H,33,35)/t13?,19-/m1/s1. The number of aliphatic hydroxyl groups excluding tert-OH is 1. The molecular formula is C24H27F6N3O6S. The average Bonchev–Trinajstić information content (AvgIpc) is 2.89. The lowest BCUT2D eigenvalue weighted by Gasteiger charge is -2.32. The lowest BCUT2D eigenvalue weighted by Crippen LogP contribution is -2.53. The Kier molecular flexibility index (Phi) is 10.00. The van der Waals surface area contributed by atoms with Crippen molar-refractivity contribution in [1.29, 1.82) is 0 Å². The first kappa shape index (κ1) is 33.0. The molecule has 1 unspecified atom stereocenters. The minimum Gasteiger partial charge on any atom is -0.383 e. The number of nitrogens with one attached hydrogen (secondary N) is 3. The van der Waals surface area contributed by atoms with Crippen LogP contribution in [-0.2, 0) is 31.8 Å². The summed E-state index contributed by atoms with van der Waals surface area (Å²) in [5.74, 6) is -2.58. The summed E-state index contributed by atoms with van der Waals surface area (Å²) in [7, 11) is -2.75. The van der Waals surface area contributed by atoms with Crippen molar-refractivity contribution in [2.24, 2.45) is 0 Å². The van der Waals surface area contributed by atoms with Crippen molar-refractivity contribution in [1.82, 2.24) is 10.0 Å². The normalized spacial score (nSPS) is 14.4. The number of benzene rings is 2. The van der Waals surface area contributed by atoms with Gasteiger partial charge in [-0.3, -0.25) is 9.59 Å². The van der Waals surface area contributed by atoms with Crippen LogP contribution >= 0.6 is 0 Å². The van der Waals surface area contributed by atoms with Gasteiger partial charge in [0.05, 0.1) is 10.8 Å². The molecule has 0 saturated heterocycles. The summed E-state index contributed by atoms with van der Waals surface area (Å²) in [6, 6.07) is 5.95. The molecule has 0 aromatic heterocycles. The Labute approximate surface area is 225 Å². The van der Waals surface area contributed by atoms with Crippen molar-refractivity contribution in [2.45, 2.75) is 61.7 Å². The minimum absolute atomic E-state index is 0.105. The van der Waals surface area contributed by atoms with E-state index in [1.54, 1.807) is 6.92 Å². The molecule has 2 aromatic rings. The van der Waals surface area contributed by atoms with Gasteiger partial charge in [0.1, 0.15) is 6.10 Å². The maximum Gasteiger partial charge on any atom is 0.430 e. The van der Waals surface area contributed by atoms with Crippen LogP contribution < -0.4 is 15.4 Å². The molecule has 222 valence electrons. The summed E-state index contributed by atoms with van der Waals surface area (Å²) in [5, 5.41) is 24.0. The highest BCUT2D eigenvalue weighted by Crippen LogP contribution is 2.50. The molecule has 0 radical (unpaired) electrons. The molecule has 40 heavy (non-hydrogen) atoms. The molecule has 5 N–H and O–H groups in total. The van der Waals surface area contributed by atoms with E-state index in [4.69, 9.17) is 0 Å². The SMILES string of the molecule is CC[C@@H](O)C(=O)NCc1cc(S(=O)(=O)NC)ccc1C(C)C(=O)Nc1ccc(C(O)(C(F)(F)F)C(F)(F)F)cc1. The average molecular weight is 600 g/mol. The van der Waals surface area contributed by atoms with E-state index in [1.165, 1.54) is 32.2 Å². The van der Waals surface area contributed by atoms with Gasteiger partial charge in [-0.2, -0.15) is 26.3 Å². The van der Waals surface area contributed by atoms with Crippen LogP contribution in [0.4, 0.5) is 32.0 Å². The maximum absolute atomic E-state index is 13.1. The van der Waals surface area contributed by atoms with E-state index in [1.807, 2.05) is 0 Å². The van der Waals surface area contributed by atoms with Gasteiger partial charge in [0.15, 0.2) is 0 Å². The van der Waals surface area contributed by atoms with Gasteiger partial charge in [-0.1, -0.05) is 25.1 Å². The predicted molar refractivity (Wildman–Crippen MR) is 130 cm³/mol. The number of aliphatic hydroxyl groups is 2. The van der Waals surface area contributed by atoms with Gasteiger partial charge >= 0.3 is 12.4 Å². The van der Waals surface area contributed by atoms with Gasteiger partial charge in [-0.15, -0.1) is 0 Å². The number of amides is 2. The highest BCUT2D eigenvalue weighted by Gasteiger charge is 2.71. The van der Waals surface area contributed by atoms with Crippen LogP contribution in [0.15, 0.2) is 47.4 Å². The second kappa shape index (κ2) is 12.1. The largest absolute Gasteiger partial charge is 0.430 e. The molecule has 0 aliphatic carbocycles. The molecule has 2 rings (SSSR count). The van der Waals surface area contributed by atoms with Crippen LogP contribution in [0, 0.1) is 0 Å². The van der Waals surface area contributed by atoms with Crippen LogP contribution in [0.1, 0.15) is 42.9 Å². The highest BCUT2D eigenvalue weighted by molar-refractivity contribution is 7.89. The number of anilines is 1. The van der Waals surface area contributed by atoms with Crippen LogP contribution in [0.5, 0.6) is 0 Å². The summed E-state index contributed by atoms with van der Waals surface area (Å²) in [5.41, 5.74) is -6.41. The van der Waals surface area contributed by atoms with Crippen LogP contribution in [0.2, 0.25) is 0 Å². The summed E-state index contributed by atoms with van der Waals surface area (Å²) in [6.07, 6.45) is -13.4. The Hall–Kier alpha value is -3.21. The van der Waals surface area contributed by atoms with Gasteiger partial charge in [0.25, 0.3) is 5.60 Å². The molecule has 2 atom stereocenters. The van der Waals surface area contributed by atoms with Gasteiger partial charge in [-0.25, -0.2) is 13.1 Å². The van der Waals surface area contributed by atoms with Gasteiger partial charge in [0.2, 0.25) is 21.8 Å². The van der Waals surface area contributed by atoms with Crippen molar-refractivity contribution in [2.75, 3.05) is 12.4 Å². The number of halogens is 6. The van der Waals surface area contributed by atoms with Crippen LogP contribution in [0.3, 0.4) is 0 Å². The summed E-state index contributed by atoms with van der Waals surface area (Å²) >= 11 is 0. The zero-order valence-electron chi connectivity index (χ0n) is 21.3. The highest BCUT2D eigenvalue weighted by atomic mass is 32.2. The summed E-state index contributed by atoms with van der Waals surface area (Å²) in [6.45, 7) is 2.67. The fourth-order valence-electron chi connectivity index (χ4n) is 3.60. The van der Waals surface area contributed by atoms with E-state index >= 15 is 0 Å². The van der Waals surface area contributed by atoms with Crippen molar-refractivity contribution in [3.63, 3.8) is 0 Å². The zero-order valence-corrected chi connectivity index (χ0v) is 22.1. The molecule has 0 aliphatic rings. The molecule has 0 spiro atoms. The Balaban J connectivity index is 2.37. The fraction of sp³-hybridized carbons (Fsp3) is 0.417. The van der Waals surface area contributed by atoms with Crippen molar-refractivity contribution < 1.29 is 54.6 Å². The fourth-order valence-corrected chi connectivity index (χ4v) is 4.38. The van der Waals surface area contributed by atoms with Gasteiger partial charge < -0.3 is 20.8 Å². The summed E-state index contributed by atoms with van der Waals surface area (Å²) < 4.78 is 105. The topological polar surface area (TPSA) is 145 Å². The molecule has 2 aromatic carbocycles. The first-order chi connectivity index (χ1) is 18.3. The number of alkyl halides is 6. The molecule has 0 aliphatic heterocycles. The third kappa shape index (κ3) is 6.92. The monoisotopic (exact) mass is 599 g/mol. The Bertz CT molecular complexity index is 1320. The molecule has 16 heteroatoms. The molecule has 0 bridgehead atoms. The number of carbonyl (C=O) groups is 2. The lowest BCUT2D eigenvalue weighted by molar-refractivity contribution is -0.376. The molecule has 0 fully saturated rings. The second-order valence-electron chi connectivity index (χ2n) is 8.70. The minimum atomic E-state index is -6.07. The predicted octanol–water partition coefficient (Wildman–Crippen LogP) is 3.04. The van der Waals surface area contributed by atoms with Crippen LogP contribution in [0.25, 0.3) is 0 Å².